The first-order valence-electron chi connectivity index (χ1n) is 7.50. The van der Waals surface area contributed by atoms with Crippen molar-refractivity contribution in [2.24, 2.45) is 0 Å². The van der Waals surface area contributed by atoms with E-state index in [4.69, 9.17) is 5.11 Å². The summed E-state index contributed by atoms with van der Waals surface area (Å²) in [6, 6.07) is -0.171. The Balaban J connectivity index is 0.00000109. The van der Waals surface area contributed by atoms with Gasteiger partial charge in [0, 0.05) is 12.2 Å². The van der Waals surface area contributed by atoms with E-state index in [1.165, 1.54) is 0 Å². The number of carbonyl (C=O) groups is 1. The predicted molar refractivity (Wildman–Crippen MR) is 79.7 cm³/mol. The highest BCUT2D eigenvalue weighted by Gasteiger charge is 2.41. The van der Waals surface area contributed by atoms with Gasteiger partial charge in [0.25, 0.3) is 0 Å². The fourth-order valence-corrected chi connectivity index (χ4v) is 2.52. The van der Waals surface area contributed by atoms with Crippen molar-refractivity contribution in [2.75, 3.05) is 0 Å². The number of hydrogen-bond donors (Lipinski definition) is 1. The van der Waals surface area contributed by atoms with Crippen LogP contribution in [0.1, 0.15) is 48.7 Å². The van der Waals surface area contributed by atoms with Crippen molar-refractivity contribution < 1.29 is 31.9 Å². The number of halogens is 5. The van der Waals surface area contributed by atoms with Crippen molar-refractivity contribution in [1.82, 2.24) is 4.57 Å². The van der Waals surface area contributed by atoms with Crippen LogP contribution in [0.4, 0.5) is 22.0 Å². The summed E-state index contributed by atoms with van der Waals surface area (Å²) in [5, 5.41) is 8.20. The fourth-order valence-electron chi connectivity index (χ4n) is 2.52. The Labute approximate surface area is 138 Å². The van der Waals surface area contributed by atoms with Crippen molar-refractivity contribution in [3.63, 3.8) is 0 Å². The highest BCUT2D eigenvalue weighted by Crippen LogP contribution is 2.42. The van der Waals surface area contributed by atoms with Crippen LogP contribution in [0.25, 0.3) is 10.9 Å². The molecule has 4 nitrogen and oxygen atoms in total. The number of aromatic nitrogens is 1. The van der Waals surface area contributed by atoms with E-state index in [1.807, 2.05) is 13.8 Å². The zero-order valence-electron chi connectivity index (χ0n) is 13.2. The first-order chi connectivity index (χ1) is 11.6. The standard InChI is InChI=1S/C14H8F5NO3.C2H6/c15-8-3-6-11(9(10(8)16)14(17,18)19)20(5-1-2-5)4-7(12(6)21)13(22)23;1-2/h3-5H,1-2H2,(H,22,23);1-2H3. The SMILES string of the molecule is CC.O=C(O)c1cn(C2CC2)c2c(C(F)(F)F)c(F)c(F)cc2c1=O. The van der Waals surface area contributed by atoms with E-state index in [-0.39, 0.29) is 0 Å². The van der Waals surface area contributed by atoms with Gasteiger partial charge in [-0.15, -0.1) is 0 Å². The molecular weight excluding hydrogens is 349 g/mol. The van der Waals surface area contributed by atoms with Gasteiger partial charge in [0.1, 0.15) is 11.1 Å². The molecule has 1 aliphatic rings. The molecule has 1 aliphatic carbocycles. The lowest BCUT2D eigenvalue weighted by Crippen LogP contribution is -2.22. The van der Waals surface area contributed by atoms with Gasteiger partial charge in [0.05, 0.1) is 10.9 Å². The third-order valence-corrected chi connectivity index (χ3v) is 3.66. The predicted octanol–water partition coefficient (Wildman–Crippen LogP) is 4.36. The number of pyridine rings is 1. The van der Waals surface area contributed by atoms with Gasteiger partial charge in [0.15, 0.2) is 11.6 Å². The van der Waals surface area contributed by atoms with Crippen molar-refractivity contribution in [1.29, 1.82) is 0 Å². The number of hydrogen-bond acceptors (Lipinski definition) is 2. The van der Waals surface area contributed by atoms with Crippen LogP contribution in [0, 0.1) is 11.6 Å². The normalized spacial score (nSPS) is 14.2. The zero-order chi connectivity index (χ0) is 19.1. The molecule has 0 aliphatic heterocycles. The van der Waals surface area contributed by atoms with Gasteiger partial charge in [-0.2, -0.15) is 13.2 Å². The van der Waals surface area contributed by atoms with E-state index in [0.717, 1.165) is 10.8 Å². The van der Waals surface area contributed by atoms with E-state index in [9.17, 15) is 31.5 Å². The van der Waals surface area contributed by atoms with Crippen molar-refractivity contribution in [3.8, 4) is 0 Å². The molecule has 0 unspecified atom stereocenters. The molecule has 1 aromatic carbocycles. The maximum Gasteiger partial charge on any atom is 0.421 e. The lowest BCUT2D eigenvalue weighted by atomic mass is 10.0. The number of alkyl halides is 3. The zero-order valence-corrected chi connectivity index (χ0v) is 13.2. The van der Waals surface area contributed by atoms with Crippen molar-refractivity contribution >= 4 is 16.9 Å². The summed E-state index contributed by atoms with van der Waals surface area (Å²) < 4.78 is 67.7. The van der Waals surface area contributed by atoms with Crippen LogP contribution in [-0.2, 0) is 6.18 Å². The second-order valence-corrected chi connectivity index (χ2v) is 5.26. The van der Waals surface area contributed by atoms with Crippen LogP contribution in [-0.4, -0.2) is 15.6 Å². The number of aromatic carboxylic acids is 1. The van der Waals surface area contributed by atoms with Gasteiger partial charge in [-0.3, -0.25) is 4.79 Å². The van der Waals surface area contributed by atoms with Crippen molar-refractivity contribution in [3.05, 3.63) is 45.2 Å². The lowest BCUT2D eigenvalue weighted by Gasteiger charge is -2.18. The smallest absolute Gasteiger partial charge is 0.421 e. The molecule has 0 saturated heterocycles. The van der Waals surface area contributed by atoms with Crippen LogP contribution in [0.2, 0.25) is 0 Å². The number of carboxylic acid groups (broad SMARTS) is 1. The average molecular weight is 363 g/mol. The molecule has 25 heavy (non-hydrogen) atoms. The van der Waals surface area contributed by atoms with E-state index in [1.54, 1.807) is 0 Å². The summed E-state index contributed by atoms with van der Waals surface area (Å²) in [7, 11) is 0. The number of fused-ring (bicyclic) bond motifs is 1. The molecule has 3 rings (SSSR count). The lowest BCUT2D eigenvalue weighted by molar-refractivity contribution is -0.139. The summed E-state index contributed by atoms with van der Waals surface area (Å²) in [4.78, 5) is 23.1. The molecule has 0 amide bonds. The van der Waals surface area contributed by atoms with E-state index < -0.39 is 57.3 Å². The summed E-state index contributed by atoms with van der Waals surface area (Å²) in [5.74, 6) is -5.61. The Bertz CT molecular complexity index is 897. The fraction of sp³-hybridized carbons (Fsp3) is 0.375. The highest BCUT2D eigenvalue weighted by molar-refractivity contribution is 5.93. The molecule has 1 aromatic heterocycles. The third-order valence-electron chi connectivity index (χ3n) is 3.66. The number of carboxylic acids is 1. The Hall–Kier alpha value is -2.45. The molecule has 2 aromatic rings. The molecular formula is C16H14F5NO3. The average Bonchev–Trinajstić information content (AvgIpc) is 3.35. The van der Waals surface area contributed by atoms with Gasteiger partial charge < -0.3 is 9.67 Å². The topological polar surface area (TPSA) is 59.3 Å². The molecule has 0 atom stereocenters. The third kappa shape index (κ3) is 3.22. The Morgan fingerprint density at radius 1 is 1.24 bits per heavy atom. The number of nitrogens with zero attached hydrogens (tertiary/aromatic N) is 1. The first-order valence-corrected chi connectivity index (χ1v) is 7.50. The van der Waals surface area contributed by atoms with Gasteiger partial charge in [-0.05, 0) is 18.9 Å². The molecule has 1 saturated carbocycles. The Morgan fingerprint density at radius 3 is 2.24 bits per heavy atom. The van der Waals surface area contributed by atoms with Gasteiger partial charge in [-0.1, -0.05) is 13.8 Å². The molecule has 0 bridgehead atoms. The van der Waals surface area contributed by atoms with Gasteiger partial charge >= 0.3 is 12.1 Å². The minimum atomic E-state index is -5.24. The molecule has 1 fully saturated rings. The van der Waals surface area contributed by atoms with Gasteiger partial charge in [-0.25, -0.2) is 13.6 Å². The first kappa shape index (κ1) is 18.9. The van der Waals surface area contributed by atoms with Crippen LogP contribution in [0.3, 0.4) is 0 Å². The molecule has 0 spiro atoms. The van der Waals surface area contributed by atoms with E-state index in [2.05, 4.69) is 0 Å². The van der Waals surface area contributed by atoms with E-state index >= 15 is 0 Å². The maximum absolute atomic E-state index is 13.8. The van der Waals surface area contributed by atoms with Crippen LogP contribution in [0.5, 0.6) is 0 Å². The monoisotopic (exact) mass is 363 g/mol. The summed E-state index contributed by atoms with van der Waals surface area (Å²) in [6.45, 7) is 4.00. The van der Waals surface area contributed by atoms with Crippen LogP contribution in [0.15, 0.2) is 17.1 Å². The molecule has 0 radical (unpaired) electrons. The Morgan fingerprint density at radius 2 is 1.80 bits per heavy atom. The largest absolute Gasteiger partial charge is 0.477 e. The molecule has 1 heterocycles. The summed E-state index contributed by atoms with van der Waals surface area (Å²) in [5.41, 5.74) is -4.79. The highest BCUT2D eigenvalue weighted by atomic mass is 19.4. The van der Waals surface area contributed by atoms with Crippen LogP contribution < -0.4 is 5.43 Å². The van der Waals surface area contributed by atoms with Crippen molar-refractivity contribution in [2.45, 2.75) is 38.9 Å². The minimum Gasteiger partial charge on any atom is -0.477 e. The molecule has 136 valence electrons. The second kappa shape index (κ2) is 6.45. The number of rotatable bonds is 2. The van der Waals surface area contributed by atoms with E-state index in [0.29, 0.717) is 18.9 Å². The molecule has 1 N–H and O–H groups in total. The second-order valence-electron chi connectivity index (χ2n) is 5.26. The molecule has 9 heteroatoms. The summed E-state index contributed by atoms with van der Waals surface area (Å²) in [6.07, 6.45) is -3.57. The maximum atomic E-state index is 13.8. The minimum absolute atomic E-state index is 0.313. The quantitative estimate of drug-likeness (QED) is 0.807. The number of benzene rings is 1. The Kier molecular flexibility index (Phi) is 4.87. The van der Waals surface area contributed by atoms with Gasteiger partial charge in [0.2, 0.25) is 5.43 Å². The van der Waals surface area contributed by atoms with Crippen LogP contribution >= 0.6 is 0 Å². The summed E-state index contributed by atoms with van der Waals surface area (Å²) >= 11 is 0.